The highest BCUT2D eigenvalue weighted by Crippen LogP contribution is 2.51. The third-order valence-electron chi connectivity index (χ3n) is 8.93. The van der Waals surface area contributed by atoms with E-state index in [-0.39, 0.29) is 17.9 Å². The molecule has 47 heavy (non-hydrogen) atoms. The smallest absolute Gasteiger partial charge is 0.330 e. The summed E-state index contributed by atoms with van der Waals surface area (Å²) < 4.78 is 38.6. The lowest BCUT2D eigenvalue weighted by Crippen LogP contribution is -2.64. The van der Waals surface area contributed by atoms with E-state index >= 15 is 0 Å². The Hall–Kier alpha value is -4.84. The van der Waals surface area contributed by atoms with Gasteiger partial charge in [0.1, 0.15) is 12.1 Å². The highest BCUT2D eigenvalue weighted by atomic mass is 32.2. The molecule has 11 heteroatoms. The largest absolute Gasteiger partial charge is 0.468 e. The van der Waals surface area contributed by atoms with Gasteiger partial charge in [0.15, 0.2) is 6.04 Å². The van der Waals surface area contributed by atoms with Crippen LogP contribution in [0.25, 0.3) is 11.1 Å². The van der Waals surface area contributed by atoms with E-state index < -0.39 is 51.5 Å². The number of rotatable bonds is 10. The first-order chi connectivity index (χ1) is 22.7. The molecule has 0 saturated carbocycles. The number of nitrogens with zero attached hydrogens (tertiary/aromatic N) is 1. The van der Waals surface area contributed by atoms with Crippen molar-refractivity contribution in [1.29, 1.82) is 0 Å². The lowest BCUT2D eigenvalue weighted by atomic mass is 9.79. The highest BCUT2D eigenvalue weighted by molar-refractivity contribution is 7.89. The third kappa shape index (κ3) is 5.60. The Bertz CT molecular complexity index is 1850. The van der Waals surface area contributed by atoms with Crippen LogP contribution in [-0.4, -0.2) is 69.5 Å². The van der Waals surface area contributed by atoms with E-state index in [0.717, 1.165) is 39.2 Å². The van der Waals surface area contributed by atoms with E-state index in [1.54, 1.807) is 18.2 Å². The van der Waals surface area contributed by atoms with Crippen molar-refractivity contribution in [2.24, 2.45) is 0 Å². The topological polar surface area (TPSA) is 131 Å². The van der Waals surface area contributed by atoms with Crippen LogP contribution >= 0.6 is 0 Å². The summed E-state index contributed by atoms with van der Waals surface area (Å²) in [4.78, 5) is 41.2. The summed E-state index contributed by atoms with van der Waals surface area (Å²) in [5.74, 6) is -2.45. The Balaban J connectivity index is 1.42. The number of methoxy groups -OCH3 is 2. The molecule has 1 fully saturated rings. The third-order valence-corrected chi connectivity index (χ3v) is 10.9. The zero-order chi connectivity index (χ0) is 33.2. The van der Waals surface area contributed by atoms with Crippen LogP contribution in [0.3, 0.4) is 0 Å². The second kappa shape index (κ2) is 13.1. The number of fused-ring (bicyclic) bond motifs is 3. The molecular weight excluding hydrogens is 618 g/mol. The summed E-state index contributed by atoms with van der Waals surface area (Å²) in [5, 5.41) is 6.15. The zero-order valence-electron chi connectivity index (χ0n) is 26.0. The van der Waals surface area contributed by atoms with Crippen molar-refractivity contribution in [2.75, 3.05) is 20.8 Å². The standard InChI is InChI=1S/C36H35N3O7S/c1-45-34(41)31(37-33(40)30-22-13-23-39(30)47(43,44)25-16-7-4-8-17-25)32(35(42)46-2)38-36(24-14-5-3-6-15-24)28-20-11-9-18-26(28)27-19-10-12-21-29(27)36/h3-12,14-21,30-32,38H,13,22-23H2,1-2H3,(H,37,40)/t30-,31-,32-/m0/s1. The molecular formula is C36H35N3O7S. The molecule has 4 aromatic carbocycles. The lowest BCUT2D eigenvalue weighted by molar-refractivity contribution is -0.154. The number of carbonyl (C=O) groups excluding carboxylic acids is 3. The van der Waals surface area contributed by atoms with Crippen LogP contribution in [0.4, 0.5) is 0 Å². The van der Waals surface area contributed by atoms with Crippen molar-refractivity contribution < 1.29 is 32.3 Å². The summed E-state index contributed by atoms with van der Waals surface area (Å²) in [5.41, 5.74) is 3.20. The van der Waals surface area contributed by atoms with E-state index in [9.17, 15) is 22.8 Å². The molecule has 10 nitrogen and oxygen atoms in total. The normalized spacial score (nSPS) is 18.0. The Kier molecular flexibility index (Phi) is 8.96. The van der Waals surface area contributed by atoms with Gasteiger partial charge in [-0.25, -0.2) is 13.2 Å². The van der Waals surface area contributed by atoms with Crippen molar-refractivity contribution in [3.63, 3.8) is 0 Å². The van der Waals surface area contributed by atoms with Crippen LogP contribution in [0.5, 0.6) is 0 Å². The first-order valence-corrected chi connectivity index (χ1v) is 16.7. The molecule has 1 amide bonds. The minimum atomic E-state index is -4.02. The van der Waals surface area contributed by atoms with Gasteiger partial charge < -0.3 is 14.8 Å². The van der Waals surface area contributed by atoms with Gasteiger partial charge in [0.2, 0.25) is 15.9 Å². The lowest BCUT2D eigenvalue weighted by Gasteiger charge is -2.39. The number of carbonyl (C=O) groups is 3. The number of sulfonamides is 1. The Morgan fingerprint density at radius 2 is 1.26 bits per heavy atom. The Morgan fingerprint density at radius 3 is 1.83 bits per heavy atom. The first kappa shape index (κ1) is 32.1. The number of esters is 2. The van der Waals surface area contributed by atoms with Gasteiger partial charge in [0.05, 0.1) is 24.7 Å². The van der Waals surface area contributed by atoms with Gasteiger partial charge in [-0.05, 0) is 52.8 Å². The molecule has 0 spiro atoms. The average molecular weight is 654 g/mol. The first-order valence-electron chi connectivity index (χ1n) is 15.3. The number of ether oxygens (including phenoxy) is 2. The zero-order valence-corrected chi connectivity index (χ0v) is 26.8. The number of benzene rings is 4. The fourth-order valence-electron chi connectivity index (χ4n) is 6.78. The van der Waals surface area contributed by atoms with Crippen molar-refractivity contribution >= 4 is 27.9 Å². The van der Waals surface area contributed by atoms with Gasteiger partial charge in [-0.1, -0.05) is 97.1 Å². The van der Waals surface area contributed by atoms with E-state index in [4.69, 9.17) is 9.47 Å². The number of nitrogens with one attached hydrogen (secondary N) is 2. The predicted molar refractivity (Wildman–Crippen MR) is 174 cm³/mol. The molecule has 0 bridgehead atoms. The predicted octanol–water partition coefficient (Wildman–Crippen LogP) is 3.60. The molecule has 1 aliphatic heterocycles. The molecule has 0 radical (unpaired) electrons. The summed E-state index contributed by atoms with van der Waals surface area (Å²) >= 11 is 0. The fraction of sp³-hybridized carbons (Fsp3) is 0.250. The van der Waals surface area contributed by atoms with Gasteiger partial charge in [0.25, 0.3) is 0 Å². The summed E-state index contributed by atoms with van der Waals surface area (Å²) in [6, 6.07) is 28.8. The molecule has 1 heterocycles. The molecule has 3 atom stereocenters. The molecule has 1 saturated heterocycles. The minimum absolute atomic E-state index is 0.0571. The molecule has 6 rings (SSSR count). The van der Waals surface area contributed by atoms with Crippen LogP contribution in [0, 0.1) is 0 Å². The summed E-state index contributed by atoms with van der Waals surface area (Å²) in [7, 11) is -1.66. The van der Waals surface area contributed by atoms with Crippen molar-refractivity contribution in [1.82, 2.24) is 14.9 Å². The summed E-state index contributed by atoms with van der Waals surface area (Å²) in [6.07, 6.45) is 0.674. The van der Waals surface area contributed by atoms with Crippen LogP contribution in [0.1, 0.15) is 29.5 Å². The average Bonchev–Trinajstić information content (AvgIpc) is 3.73. The summed E-state index contributed by atoms with van der Waals surface area (Å²) in [6.45, 7) is 0.127. The molecule has 4 aromatic rings. The SMILES string of the molecule is COC(=O)[C@@H](NC(=O)[C@@H]1CCCN1S(=O)(=O)c1ccccc1)[C@H](NC1(c2ccccc2)c2ccccc2-c2ccccc21)C(=O)OC. The van der Waals surface area contributed by atoms with Gasteiger partial charge >= 0.3 is 11.9 Å². The second-order valence-electron chi connectivity index (χ2n) is 11.4. The Morgan fingerprint density at radius 1 is 0.745 bits per heavy atom. The number of hydrogen-bond donors (Lipinski definition) is 2. The van der Waals surface area contributed by atoms with Crippen molar-refractivity contribution in [3.05, 3.63) is 126 Å². The monoisotopic (exact) mass is 653 g/mol. The van der Waals surface area contributed by atoms with E-state index in [1.165, 1.54) is 19.2 Å². The van der Waals surface area contributed by atoms with Crippen molar-refractivity contribution in [3.8, 4) is 11.1 Å². The molecule has 0 unspecified atom stereocenters. The van der Waals surface area contributed by atoms with Gasteiger partial charge in [-0.2, -0.15) is 4.31 Å². The van der Waals surface area contributed by atoms with Crippen LogP contribution < -0.4 is 10.6 Å². The van der Waals surface area contributed by atoms with Crippen LogP contribution in [0.2, 0.25) is 0 Å². The maximum absolute atomic E-state index is 14.0. The van der Waals surface area contributed by atoms with Crippen molar-refractivity contribution in [2.45, 2.75) is 41.4 Å². The number of amides is 1. The molecule has 0 aromatic heterocycles. The van der Waals surface area contributed by atoms with E-state index in [0.29, 0.717) is 6.42 Å². The maximum atomic E-state index is 14.0. The quantitative estimate of drug-likeness (QED) is 0.249. The molecule has 242 valence electrons. The molecule has 2 N–H and O–H groups in total. The van der Waals surface area contributed by atoms with Gasteiger partial charge in [0, 0.05) is 6.54 Å². The fourth-order valence-corrected chi connectivity index (χ4v) is 8.46. The highest BCUT2D eigenvalue weighted by Gasteiger charge is 2.50. The Labute approximate surface area is 273 Å². The minimum Gasteiger partial charge on any atom is -0.468 e. The van der Waals surface area contributed by atoms with E-state index in [1.807, 2.05) is 78.9 Å². The van der Waals surface area contributed by atoms with Crippen LogP contribution in [0.15, 0.2) is 114 Å². The van der Waals surface area contributed by atoms with E-state index in [2.05, 4.69) is 10.6 Å². The molecule has 1 aliphatic carbocycles. The van der Waals surface area contributed by atoms with Crippen LogP contribution in [-0.2, 0) is 39.4 Å². The second-order valence-corrected chi connectivity index (χ2v) is 13.3. The maximum Gasteiger partial charge on any atom is 0.330 e. The number of hydrogen-bond acceptors (Lipinski definition) is 8. The molecule has 2 aliphatic rings. The van der Waals surface area contributed by atoms with Gasteiger partial charge in [-0.3, -0.25) is 14.9 Å². The van der Waals surface area contributed by atoms with Gasteiger partial charge in [-0.15, -0.1) is 0 Å².